The molecule has 1 aliphatic rings. The van der Waals surface area contributed by atoms with E-state index in [1.54, 1.807) is 0 Å². The van der Waals surface area contributed by atoms with Gasteiger partial charge in [-0.15, -0.1) is 0 Å². The van der Waals surface area contributed by atoms with Crippen LogP contribution in [0.15, 0.2) is 24.4 Å². The summed E-state index contributed by atoms with van der Waals surface area (Å²) in [5.41, 5.74) is 7.37. The molecular weight excluding hydrogens is 226 g/mol. The Bertz CT molecular complexity index is 338. The van der Waals surface area contributed by atoms with Crippen LogP contribution in [-0.4, -0.2) is 42.2 Å². The Hall–Kier alpha value is -0.970. The second-order valence-corrected chi connectivity index (χ2v) is 4.94. The summed E-state index contributed by atoms with van der Waals surface area (Å²) in [6.07, 6.45) is 2.94. The fraction of sp³-hybridized carbons (Fsp3) is 0.643. The molecule has 2 N–H and O–H groups in total. The Labute approximate surface area is 109 Å². The van der Waals surface area contributed by atoms with Crippen molar-refractivity contribution in [1.82, 2.24) is 9.88 Å². The number of pyridine rings is 1. The van der Waals surface area contributed by atoms with E-state index in [0.29, 0.717) is 5.92 Å². The van der Waals surface area contributed by atoms with Gasteiger partial charge in [-0.3, -0.25) is 9.88 Å². The molecule has 18 heavy (non-hydrogen) atoms. The third kappa shape index (κ3) is 3.77. The molecule has 1 aromatic rings. The SMILES string of the molecule is CCN(Cc1ccccn1)CC(N)C1CCOC1. The Morgan fingerprint density at radius 2 is 2.44 bits per heavy atom. The molecule has 0 aromatic carbocycles. The van der Waals surface area contributed by atoms with Gasteiger partial charge in [-0.1, -0.05) is 13.0 Å². The van der Waals surface area contributed by atoms with Gasteiger partial charge in [0, 0.05) is 37.9 Å². The van der Waals surface area contributed by atoms with Crippen LogP contribution in [0.3, 0.4) is 0 Å². The monoisotopic (exact) mass is 249 g/mol. The third-order valence-corrected chi connectivity index (χ3v) is 3.60. The van der Waals surface area contributed by atoms with Crippen LogP contribution in [0, 0.1) is 5.92 Å². The van der Waals surface area contributed by atoms with Crippen LogP contribution in [-0.2, 0) is 11.3 Å². The largest absolute Gasteiger partial charge is 0.381 e. The molecule has 1 saturated heterocycles. The molecule has 2 heterocycles. The van der Waals surface area contributed by atoms with E-state index in [0.717, 1.165) is 45.0 Å². The van der Waals surface area contributed by atoms with E-state index in [1.807, 2.05) is 18.3 Å². The molecule has 100 valence electrons. The first kappa shape index (κ1) is 13.5. The average molecular weight is 249 g/mol. The molecule has 0 bridgehead atoms. The van der Waals surface area contributed by atoms with Gasteiger partial charge in [-0.25, -0.2) is 0 Å². The van der Waals surface area contributed by atoms with E-state index >= 15 is 0 Å². The molecule has 0 radical (unpaired) electrons. The summed E-state index contributed by atoms with van der Waals surface area (Å²) in [6, 6.07) is 6.24. The Morgan fingerprint density at radius 1 is 1.56 bits per heavy atom. The molecule has 4 heteroatoms. The third-order valence-electron chi connectivity index (χ3n) is 3.60. The second kappa shape index (κ2) is 6.83. The first-order valence-electron chi connectivity index (χ1n) is 6.75. The fourth-order valence-electron chi connectivity index (χ4n) is 2.36. The van der Waals surface area contributed by atoms with Crippen LogP contribution in [0.25, 0.3) is 0 Å². The predicted molar refractivity (Wildman–Crippen MR) is 72.1 cm³/mol. The lowest BCUT2D eigenvalue weighted by Crippen LogP contribution is -2.42. The normalized spacial score (nSPS) is 21.4. The van der Waals surface area contributed by atoms with Crippen LogP contribution < -0.4 is 5.73 Å². The van der Waals surface area contributed by atoms with Gasteiger partial charge >= 0.3 is 0 Å². The summed E-state index contributed by atoms with van der Waals surface area (Å²) < 4.78 is 5.40. The number of hydrogen-bond donors (Lipinski definition) is 1. The van der Waals surface area contributed by atoms with Gasteiger partial charge in [0.1, 0.15) is 0 Å². The van der Waals surface area contributed by atoms with Crippen molar-refractivity contribution in [3.05, 3.63) is 30.1 Å². The summed E-state index contributed by atoms with van der Waals surface area (Å²) in [5, 5.41) is 0. The van der Waals surface area contributed by atoms with E-state index in [4.69, 9.17) is 10.5 Å². The summed E-state index contributed by atoms with van der Waals surface area (Å²) in [6.45, 7) is 6.64. The van der Waals surface area contributed by atoms with Crippen molar-refractivity contribution >= 4 is 0 Å². The van der Waals surface area contributed by atoms with Crippen molar-refractivity contribution in [3.8, 4) is 0 Å². The minimum atomic E-state index is 0.205. The van der Waals surface area contributed by atoms with Crippen LogP contribution in [0.5, 0.6) is 0 Å². The Morgan fingerprint density at radius 3 is 3.06 bits per heavy atom. The molecular formula is C14H23N3O. The number of ether oxygens (including phenoxy) is 1. The second-order valence-electron chi connectivity index (χ2n) is 4.94. The van der Waals surface area contributed by atoms with E-state index < -0.39 is 0 Å². The molecule has 1 aliphatic heterocycles. The summed E-state index contributed by atoms with van der Waals surface area (Å²) in [4.78, 5) is 6.72. The summed E-state index contributed by atoms with van der Waals surface area (Å²) in [7, 11) is 0. The highest BCUT2D eigenvalue weighted by molar-refractivity contribution is 5.03. The fourth-order valence-corrected chi connectivity index (χ4v) is 2.36. The number of nitrogens with zero attached hydrogens (tertiary/aromatic N) is 2. The number of likely N-dealkylation sites (N-methyl/N-ethyl adjacent to an activating group) is 1. The van der Waals surface area contributed by atoms with Gasteiger partial charge in [0.15, 0.2) is 0 Å². The van der Waals surface area contributed by atoms with E-state index in [2.05, 4.69) is 22.9 Å². The lowest BCUT2D eigenvalue weighted by Gasteiger charge is -2.26. The molecule has 0 saturated carbocycles. The van der Waals surface area contributed by atoms with Crippen LogP contribution in [0.2, 0.25) is 0 Å². The number of nitrogens with two attached hydrogens (primary N) is 1. The molecule has 2 atom stereocenters. The molecule has 0 spiro atoms. The minimum absolute atomic E-state index is 0.205. The molecule has 1 fully saturated rings. The zero-order valence-corrected chi connectivity index (χ0v) is 11.1. The molecule has 0 amide bonds. The lowest BCUT2D eigenvalue weighted by molar-refractivity contribution is 0.169. The van der Waals surface area contributed by atoms with E-state index in [9.17, 15) is 0 Å². The molecule has 0 aliphatic carbocycles. The Balaban J connectivity index is 1.85. The van der Waals surface area contributed by atoms with Crippen molar-refractivity contribution in [2.24, 2.45) is 11.7 Å². The maximum atomic E-state index is 6.27. The van der Waals surface area contributed by atoms with Gasteiger partial charge in [-0.05, 0) is 25.1 Å². The summed E-state index contributed by atoms with van der Waals surface area (Å²) in [5.74, 6) is 0.516. The van der Waals surface area contributed by atoms with Gasteiger partial charge in [0.25, 0.3) is 0 Å². The first-order valence-corrected chi connectivity index (χ1v) is 6.75. The topological polar surface area (TPSA) is 51.4 Å². The van der Waals surface area contributed by atoms with Crippen molar-refractivity contribution in [1.29, 1.82) is 0 Å². The average Bonchev–Trinajstić information content (AvgIpc) is 2.93. The van der Waals surface area contributed by atoms with Gasteiger partial charge in [0.05, 0.1) is 12.3 Å². The predicted octanol–water partition coefficient (Wildman–Crippen LogP) is 1.27. The summed E-state index contributed by atoms with van der Waals surface area (Å²) >= 11 is 0. The number of rotatable bonds is 6. The maximum Gasteiger partial charge on any atom is 0.0543 e. The van der Waals surface area contributed by atoms with Crippen LogP contribution in [0.1, 0.15) is 19.0 Å². The van der Waals surface area contributed by atoms with Crippen molar-refractivity contribution in [2.75, 3.05) is 26.3 Å². The van der Waals surface area contributed by atoms with Crippen molar-refractivity contribution in [2.45, 2.75) is 25.9 Å². The number of aromatic nitrogens is 1. The molecule has 2 rings (SSSR count). The molecule has 2 unspecified atom stereocenters. The Kier molecular flexibility index (Phi) is 5.11. The maximum absolute atomic E-state index is 6.27. The highest BCUT2D eigenvalue weighted by Gasteiger charge is 2.24. The van der Waals surface area contributed by atoms with Gasteiger partial charge < -0.3 is 10.5 Å². The van der Waals surface area contributed by atoms with E-state index in [1.165, 1.54) is 0 Å². The van der Waals surface area contributed by atoms with E-state index in [-0.39, 0.29) is 6.04 Å². The minimum Gasteiger partial charge on any atom is -0.381 e. The standard InChI is InChI=1S/C14H23N3O/c1-2-17(9-13-5-3-4-7-16-13)10-14(15)12-6-8-18-11-12/h3-5,7,12,14H,2,6,8-11,15H2,1H3. The quantitative estimate of drug-likeness (QED) is 0.825. The zero-order chi connectivity index (χ0) is 12.8. The van der Waals surface area contributed by atoms with Gasteiger partial charge in [0.2, 0.25) is 0 Å². The van der Waals surface area contributed by atoms with Crippen molar-refractivity contribution < 1.29 is 4.74 Å². The van der Waals surface area contributed by atoms with Crippen molar-refractivity contribution in [3.63, 3.8) is 0 Å². The highest BCUT2D eigenvalue weighted by Crippen LogP contribution is 2.16. The molecule has 1 aromatic heterocycles. The molecule has 4 nitrogen and oxygen atoms in total. The smallest absolute Gasteiger partial charge is 0.0543 e. The lowest BCUT2D eigenvalue weighted by atomic mass is 9.99. The zero-order valence-electron chi connectivity index (χ0n) is 11.1. The van der Waals surface area contributed by atoms with Gasteiger partial charge in [-0.2, -0.15) is 0 Å². The number of hydrogen-bond acceptors (Lipinski definition) is 4. The van der Waals surface area contributed by atoms with Crippen LogP contribution >= 0.6 is 0 Å². The highest BCUT2D eigenvalue weighted by atomic mass is 16.5. The first-order chi connectivity index (χ1) is 8.79. The van der Waals surface area contributed by atoms with Crippen LogP contribution in [0.4, 0.5) is 0 Å².